The Hall–Kier alpha value is -0.450. The summed E-state index contributed by atoms with van der Waals surface area (Å²) in [7, 11) is 0. The van der Waals surface area contributed by atoms with Crippen molar-refractivity contribution in [2.75, 3.05) is 26.2 Å². The van der Waals surface area contributed by atoms with Crippen LogP contribution in [0, 0.1) is 5.92 Å². The van der Waals surface area contributed by atoms with E-state index >= 15 is 0 Å². The molecule has 1 aliphatic heterocycles. The lowest BCUT2D eigenvalue weighted by atomic mass is 9.93. The third-order valence-corrected chi connectivity index (χ3v) is 4.45. The number of aromatic nitrogens is 1. The number of nitrogens with one attached hydrogen (secondary N) is 1. The van der Waals surface area contributed by atoms with Crippen molar-refractivity contribution in [2.24, 2.45) is 5.92 Å². The van der Waals surface area contributed by atoms with Crippen molar-refractivity contribution in [3.05, 3.63) is 16.6 Å². The molecule has 0 aromatic carbocycles. The Morgan fingerprint density at radius 2 is 2.44 bits per heavy atom. The van der Waals surface area contributed by atoms with E-state index in [9.17, 15) is 0 Å². The molecular formula is C14H25N3S. The first-order chi connectivity index (χ1) is 8.79. The van der Waals surface area contributed by atoms with Crippen LogP contribution in [-0.2, 0) is 6.42 Å². The van der Waals surface area contributed by atoms with Crippen LogP contribution in [0.15, 0.2) is 10.9 Å². The molecule has 4 heteroatoms. The molecule has 1 aromatic rings. The molecule has 3 nitrogen and oxygen atoms in total. The van der Waals surface area contributed by atoms with Crippen molar-refractivity contribution < 1.29 is 0 Å². The van der Waals surface area contributed by atoms with Gasteiger partial charge in [-0.1, -0.05) is 13.8 Å². The maximum absolute atomic E-state index is 4.35. The van der Waals surface area contributed by atoms with Gasteiger partial charge in [0.1, 0.15) is 0 Å². The number of rotatable bonds is 6. The van der Waals surface area contributed by atoms with E-state index in [4.69, 9.17) is 0 Å². The SMILES string of the molecule is CCCNC1CCN(CCc2cscn2)CC1C. The van der Waals surface area contributed by atoms with Gasteiger partial charge in [-0.25, -0.2) is 4.98 Å². The summed E-state index contributed by atoms with van der Waals surface area (Å²) in [5.41, 5.74) is 3.18. The molecule has 2 unspecified atom stereocenters. The van der Waals surface area contributed by atoms with Crippen LogP contribution in [0.25, 0.3) is 0 Å². The van der Waals surface area contributed by atoms with Gasteiger partial charge in [-0.3, -0.25) is 0 Å². The summed E-state index contributed by atoms with van der Waals surface area (Å²) < 4.78 is 0. The zero-order valence-electron chi connectivity index (χ0n) is 11.6. The lowest BCUT2D eigenvalue weighted by Gasteiger charge is -2.37. The number of piperidine rings is 1. The lowest BCUT2D eigenvalue weighted by molar-refractivity contribution is 0.148. The summed E-state index contributed by atoms with van der Waals surface area (Å²) >= 11 is 1.70. The van der Waals surface area contributed by atoms with Crippen LogP contribution in [0.1, 0.15) is 32.4 Å². The van der Waals surface area contributed by atoms with Crippen LogP contribution >= 0.6 is 11.3 Å². The van der Waals surface area contributed by atoms with Gasteiger partial charge in [0, 0.05) is 30.9 Å². The molecule has 18 heavy (non-hydrogen) atoms. The average Bonchev–Trinajstić information content (AvgIpc) is 2.88. The second-order valence-electron chi connectivity index (χ2n) is 5.36. The number of hydrogen-bond donors (Lipinski definition) is 1. The average molecular weight is 267 g/mol. The molecule has 0 aliphatic carbocycles. The molecule has 2 atom stereocenters. The van der Waals surface area contributed by atoms with E-state index in [-0.39, 0.29) is 0 Å². The predicted molar refractivity (Wildman–Crippen MR) is 78.1 cm³/mol. The Morgan fingerprint density at radius 3 is 3.11 bits per heavy atom. The van der Waals surface area contributed by atoms with Gasteiger partial charge in [0.15, 0.2) is 0 Å². The van der Waals surface area contributed by atoms with E-state index in [1.54, 1.807) is 11.3 Å². The summed E-state index contributed by atoms with van der Waals surface area (Å²) in [6.45, 7) is 9.40. The highest BCUT2D eigenvalue weighted by atomic mass is 32.1. The monoisotopic (exact) mass is 267 g/mol. The molecule has 1 aliphatic rings. The Kier molecular flexibility index (Phi) is 5.60. The van der Waals surface area contributed by atoms with Gasteiger partial charge in [0.05, 0.1) is 11.2 Å². The van der Waals surface area contributed by atoms with E-state index in [2.05, 4.69) is 34.4 Å². The van der Waals surface area contributed by atoms with Crippen molar-refractivity contribution >= 4 is 11.3 Å². The van der Waals surface area contributed by atoms with Crippen LogP contribution in [0.4, 0.5) is 0 Å². The first kappa shape index (κ1) is 14.0. The quantitative estimate of drug-likeness (QED) is 0.858. The van der Waals surface area contributed by atoms with Gasteiger partial charge in [0.25, 0.3) is 0 Å². The molecular weight excluding hydrogens is 242 g/mol. The summed E-state index contributed by atoms with van der Waals surface area (Å²) in [6.07, 6.45) is 3.62. The third kappa shape index (κ3) is 4.04. The lowest BCUT2D eigenvalue weighted by Crippen LogP contribution is -2.48. The smallest absolute Gasteiger partial charge is 0.0794 e. The van der Waals surface area contributed by atoms with Crippen molar-refractivity contribution in [3.63, 3.8) is 0 Å². The van der Waals surface area contributed by atoms with E-state index < -0.39 is 0 Å². The second kappa shape index (κ2) is 7.22. The van der Waals surface area contributed by atoms with Crippen LogP contribution in [0.5, 0.6) is 0 Å². The van der Waals surface area contributed by atoms with Crippen LogP contribution in [0.3, 0.4) is 0 Å². The van der Waals surface area contributed by atoms with Gasteiger partial charge in [0.2, 0.25) is 0 Å². The van der Waals surface area contributed by atoms with Gasteiger partial charge in [-0.05, 0) is 31.8 Å². The molecule has 1 fully saturated rings. The maximum Gasteiger partial charge on any atom is 0.0794 e. The molecule has 1 N–H and O–H groups in total. The van der Waals surface area contributed by atoms with Crippen LogP contribution < -0.4 is 5.32 Å². The van der Waals surface area contributed by atoms with E-state index in [1.807, 2.05) is 5.51 Å². The largest absolute Gasteiger partial charge is 0.314 e. The Balaban J connectivity index is 1.70. The fourth-order valence-electron chi connectivity index (χ4n) is 2.70. The molecule has 0 amide bonds. The van der Waals surface area contributed by atoms with Crippen molar-refractivity contribution in [1.29, 1.82) is 0 Å². The fraction of sp³-hybridized carbons (Fsp3) is 0.786. The summed E-state index contributed by atoms with van der Waals surface area (Å²) in [5, 5.41) is 5.84. The number of hydrogen-bond acceptors (Lipinski definition) is 4. The minimum Gasteiger partial charge on any atom is -0.314 e. The van der Waals surface area contributed by atoms with Crippen LogP contribution in [-0.4, -0.2) is 42.1 Å². The Labute approximate surface area is 115 Å². The van der Waals surface area contributed by atoms with E-state index in [0.717, 1.165) is 31.5 Å². The van der Waals surface area contributed by atoms with Crippen molar-refractivity contribution in [3.8, 4) is 0 Å². The highest BCUT2D eigenvalue weighted by Gasteiger charge is 2.24. The number of nitrogens with zero attached hydrogens (tertiary/aromatic N) is 2. The van der Waals surface area contributed by atoms with Gasteiger partial charge in [-0.15, -0.1) is 11.3 Å². The van der Waals surface area contributed by atoms with Crippen molar-refractivity contribution in [1.82, 2.24) is 15.2 Å². The Morgan fingerprint density at radius 1 is 1.56 bits per heavy atom. The first-order valence-electron chi connectivity index (χ1n) is 7.12. The van der Waals surface area contributed by atoms with E-state index in [1.165, 1.54) is 31.6 Å². The zero-order valence-corrected chi connectivity index (χ0v) is 12.4. The molecule has 0 bridgehead atoms. The number of thiazole rings is 1. The maximum atomic E-state index is 4.35. The fourth-order valence-corrected chi connectivity index (χ4v) is 3.29. The Bertz CT molecular complexity index is 326. The van der Waals surface area contributed by atoms with Crippen LogP contribution in [0.2, 0.25) is 0 Å². The predicted octanol–water partition coefficient (Wildman–Crippen LogP) is 2.40. The zero-order chi connectivity index (χ0) is 12.8. The van der Waals surface area contributed by atoms with E-state index in [0.29, 0.717) is 0 Å². The molecule has 0 spiro atoms. The molecule has 1 saturated heterocycles. The standard InChI is InChI=1S/C14H25N3S/c1-3-6-15-14-5-8-17(9-12(14)2)7-4-13-10-18-11-16-13/h10-12,14-15H,3-9H2,1-2H3. The summed E-state index contributed by atoms with van der Waals surface area (Å²) in [4.78, 5) is 6.95. The minimum atomic E-state index is 0.723. The third-order valence-electron chi connectivity index (χ3n) is 3.81. The molecule has 1 aromatic heterocycles. The van der Waals surface area contributed by atoms with Gasteiger partial charge in [-0.2, -0.15) is 0 Å². The molecule has 0 saturated carbocycles. The first-order valence-corrected chi connectivity index (χ1v) is 8.06. The highest BCUT2D eigenvalue weighted by molar-refractivity contribution is 7.07. The molecule has 2 heterocycles. The number of likely N-dealkylation sites (tertiary alicyclic amines) is 1. The molecule has 0 radical (unpaired) electrons. The molecule has 102 valence electrons. The van der Waals surface area contributed by atoms with Gasteiger partial charge < -0.3 is 10.2 Å². The van der Waals surface area contributed by atoms with Crippen molar-refractivity contribution in [2.45, 2.75) is 39.2 Å². The molecule has 2 rings (SSSR count). The normalized spacial score (nSPS) is 25.4. The summed E-state index contributed by atoms with van der Waals surface area (Å²) in [5.74, 6) is 0.765. The summed E-state index contributed by atoms with van der Waals surface area (Å²) in [6, 6.07) is 0.723. The van der Waals surface area contributed by atoms with Gasteiger partial charge >= 0.3 is 0 Å². The minimum absolute atomic E-state index is 0.723. The second-order valence-corrected chi connectivity index (χ2v) is 6.08. The topological polar surface area (TPSA) is 28.2 Å². The highest BCUT2D eigenvalue weighted by Crippen LogP contribution is 2.17.